The van der Waals surface area contributed by atoms with Gasteiger partial charge in [0, 0.05) is 17.1 Å². The van der Waals surface area contributed by atoms with Gasteiger partial charge < -0.3 is 14.8 Å². The lowest BCUT2D eigenvalue weighted by atomic mass is 10.2. The molecule has 25 heavy (non-hydrogen) atoms. The molecule has 0 aliphatic heterocycles. The lowest BCUT2D eigenvalue weighted by Crippen LogP contribution is -2.34. The average molecular weight is 488 g/mol. The minimum absolute atomic E-state index is 0.216. The van der Waals surface area contributed by atoms with Crippen LogP contribution in [0.1, 0.15) is 10.4 Å². The molecule has 0 atom stereocenters. The lowest BCUT2D eigenvalue weighted by molar-refractivity contribution is 0.0977. The van der Waals surface area contributed by atoms with Crippen molar-refractivity contribution in [3.63, 3.8) is 0 Å². The molecule has 1 amide bonds. The maximum absolute atomic E-state index is 12.3. The van der Waals surface area contributed by atoms with E-state index in [-0.39, 0.29) is 11.0 Å². The number of methoxy groups -OCH3 is 1. The number of carbonyl (C=O) groups excluding carboxylic acids is 1. The van der Waals surface area contributed by atoms with Crippen LogP contribution in [0.4, 0.5) is 5.69 Å². The summed E-state index contributed by atoms with van der Waals surface area (Å²) < 4.78 is 12.0. The first-order chi connectivity index (χ1) is 12.0. The topological polar surface area (TPSA) is 59.6 Å². The highest BCUT2D eigenvalue weighted by Gasteiger charge is 2.11. The number of ether oxygens (including phenoxy) is 2. The minimum atomic E-state index is -0.311. The fourth-order valence-electron chi connectivity index (χ4n) is 1.89. The first kappa shape index (κ1) is 19.8. The van der Waals surface area contributed by atoms with Gasteiger partial charge in [-0.25, -0.2) is 0 Å². The Morgan fingerprint density at radius 1 is 1.12 bits per heavy atom. The molecule has 0 aliphatic carbocycles. The summed E-state index contributed by atoms with van der Waals surface area (Å²) in [5.41, 5.74) is 1.23. The Bertz CT molecular complexity index is 771. The van der Waals surface area contributed by atoms with Gasteiger partial charge in [0.05, 0.1) is 16.8 Å². The van der Waals surface area contributed by atoms with Crippen molar-refractivity contribution in [2.24, 2.45) is 0 Å². The van der Waals surface area contributed by atoms with Crippen molar-refractivity contribution >= 4 is 60.8 Å². The fourth-order valence-corrected chi connectivity index (χ4v) is 2.97. The highest BCUT2D eigenvalue weighted by molar-refractivity contribution is 9.11. The number of anilines is 1. The van der Waals surface area contributed by atoms with Crippen molar-refractivity contribution in [1.29, 1.82) is 0 Å². The van der Waals surface area contributed by atoms with E-state index in [1.54, 1.807) is 25.3 Å². The lowest BCUT2D eigenvalue weighted by Gasteiger charge is -2.12. The van der Waals surface area contributed by atoms with Crippen molar-refractivity contribution in [3.05, 3.63) is 57.0 Å². The van der Waals surface area contributed by atoms with Gasteiger partial charge in [0.2, 0.25) is 0 Å². The SMILES string of the molecule is COCCOc1ccc(C(=O)NC(=S)Nc2ccccc2Br)cc1Br. The number of para-hydroxylation sites is 1. The molecule has 2 aromatic carbocycles. The Labute approximate surface area is 168 Å². The van der Waals surface area contributed by atoms with E-state index in [9.17, 15) is 4.79 Å². The molecular formula is C17H16Br2N2O3S. The molecule has 132 valence electrons. The van der Waals surface area contributed by atoms with Gasteiger partial charge in [-0.15, -0.1) is 0 Å². The van der Waals surface area contributed by atoms with E-state index in [4.69, 9.17) is 21.7 Å². The zero-order chi connectivity index (χ0) is 18.2. The average Bonchev–Trinajstić information content (AvgIpc) is 2.58. The number of benzene rings is 2. The van der Waals surface area contributed by atoms with Gasteiger partial charge in [-0.3, -0.25) is 10.1 Å². The van der Waals surface area contributed by atoms with Crippen LogP contribution in [0, 0.1) is 0 Å². The summed E-state index contributed by atoms with van der Waals surface area (Å²) in [5, 5.41) is 5.84. The molecule has 2 rings (SSSR count). The van der Waals surface area contributed by atoms with Crippen LogP contribution in [0.25, 0.3) is 0 Å². The van der Waals surface area contributed by atoms with Crippen molar-refractivity contribution in [2.45, 2.75) is 0 Å². The highest BCUT2D eigenvalue weighted by Crippen LogP contribution is 2.26. The molecular weight excluding hydrogens is 472 g/mol. The highest BCUT2D eigenvalue weighted by atomic mass is 79.9. The van der Waals surface area contributed by atoms with Gasteiger partial charge in [0.15, 0.2) is 5.11 Å². The monoisotopic (exact) mass is 486 g/mol. The van der Waals surface area contributed by atoms with E-state index in [1.807, 2.05) is 24.3 Å². The number of hydrogen-bond donors (Lipinski definition) is 2. The summed E-state index contributed by atoms with van der Waals surface area (Å²) in [5.74, 6) is 0.330. The number of halogens is 2. The molecule has 0 saturated heterocycles. The predicted octanol–water partition coefficient (Wildman–Crippen LogP) is 4.36. The summed E-state index contributed by atoms with van der Waals surface area (Å²) >= 11 is 12.0. The van der Waals surface area contributed by atoms with Crippen LogP contribution in [0.3, 0.4) is 0 Å². The Morgan fingerprint density at radius 2 is 1.88 bits per heavy atom. The molecule has 5 nitrogen and oxygen atoms in total. The van der Waals surface area contributed by atoms with Crippen LogP contribution >= 0.6 is 44.1 Å². The van der Waals surface area contributed by atoms with E-state index in [1.165, 1.54) is 0 Å². The number of amides is 1. The first-order valence-corrected chi connectivity index (χ1v) is 9.29. The third-order valence-electron chi connectivity index (χ3n) is 3.09. The largest absolute Gasteiger partial charge is 0.490 e. The van der Waals surface area contributed by atoms with Crippen LogP contribution in [0.2, 0.25) is 0 Å². The van der Waals surface area contributed by atoms with Gasteiger partial charge in [-0.05, 0) is 74.4 Å². The summed E-state index contributed by atoms with van der Waals surface area (Å²) in [4.78, 5) is 12.3. The zero-order valence-electron chi connectivity index (χ0n) is 13.3. The molecule has 8 heteroatoms. The Kier molecular flexibility index (Phi) is 7.83. The third kappa shape index (κ3) is 6.07. The number of hydrogen-bond acceptors (Lipinski definition) is 4. The molecule has 0 spiro atoms. The Hall–Kier alpha value is -1.48. The first-order valence-electron chi connectivity index (χ1n) is 7.29. The second-order valence-corrected chi connectivity index (χ2v) is 6.99. The maximum atomic E-state index is 12.3. The summed E-state index contributed by atoms with van der Waals surface area (Å²) in [7, 11) is 1.61. The van der Waals surface area contributed by atoms with Crippen LogP contribution in [0.5, 0.6) is 5.75 Å². The number of carbonyl (C=O) groups is 1. The Balaban J connectivity index is 1.97. The van der Waals surface area contributed by atoms with Gasteiger partial charge in [-0.1, -0.05) is 12.1 Å². The van der Waals surface area contributed by atoms with E-state index in [0.717, 1.165) is 10.2 Å². The third-order valence-corrected chi connectivity index (χ3v) is 4.60. The second kappa shape index (κ2) is 9.86. The maximum Gasteiger partial charge on any atom is 0.257 e. The Morgan fingerprint density at radius 3 is 2.56 bits per heavy atom. The number of rotatable bonds is 6. The minimum Gasteiger partial charge on any atom is -0.490 e. The molecule has 0 heterocycles. The van der Waals surface area contributed by atoms with Crippen molar-refractivity contribution < 1.29 is 14.3 Å². The quantitative estimate of drug-likeness (QED) is 0.468. The molecule has 0 fully saturated rings. The zero-order valence-corrected chi connectivity index (χ0v) is 17.3. The molecule has 2 N–H and O–H groups in total. The standard InChI is InChI=1S/C17H16Br2N2O3S/c1-23-8-9-24-15-7-6-11(10-13(15)19)16(22)21-17(25)20-14-5-3-2-4-12(14)18/h2-7,10H,8-9H2,1H3,(H2,20,21,22,25). The second-order valence-electron chi connectivity index (χ2n) is 4.87. The van der Waals surface area contributed by atoms with Gasteiger partial charge in [0.25, 0.3) is 5.91 Å². The number of thiocarbonyl (C=S) groups is 1. The summed E-state index contributed by atoms with van der Waals surface area (Å²) in [6.45, 7) is 0.921. The smallest absolute Gasteiger partial charge is 0.257 e. The van der Waals surface area contributed by atoms with Crippen molar-refractivity contribution in [2.75, 3.05) is 25.6 Å². The van der Waals surface area contributed by atoms with Gasteiger partial charge in [0.1, 0.15) is 12.4 Å². The van der Waals surface area contributed by atoms with Gasteiger partial charge in [-0.2, -0.15) is 0 Å². The number of nitrogens with one attached hydrogen (secondary N) is 2. The van der Waals surface area contributed by atoms with Crippen LogP contribution in [0.15, 0.2) is 51.4 Å². The van der Waals surface area contributed by atoms with E-state index >= 15 is 0 Å². The molecule has 0 unspecified atom stereocenters. The normalized spacial score (nSPS) is 10.2. The molecule has 2 aromatic rings. The van der Waals surface area contributed by atoms with Crippen molar-refractivity contribution in [3.8, 4) is 5.75 Å². The van der Waals surface area contributed by atoms with Crippen LogP contribution in [-0.4, -0.2) is 31.3 Å². The van der Waals surface area contributed by atoms with Crippen molar-refractivity contribution in [1.82, 2.24) is 5.32 Å². The van der Waals surface area contributed by atoms with Crippen LogP contribution < -0.4 is 15.4 Å². The van der Waals surface area contributed by atoms with E-state index in [0.29, 0.717) is 29.0 Å². The molecule has 0 radical (unpaired) electrons. The molecule has 0 bridgehead atoms. The molecule has 0 saturated carbocycles. The summed E-state index contributed by atoms with van der Waals surface area (Å²) in [6, 6.07) is 12.6. The molecule has 0 aromatic heterocycles. The van der Waals surface area contributed by atoms with Crippen LogP contribution in [-0.2, 0) is 4.74 Å². The fraction of sp³-hybridized carbons (Fsp3) is 0.176. The summed E-state index contributed by atoms with van der Waals surface area (Å²) in [6.07, 6.45) is 0. The van der Waals surface area contributed by atoms with E-state index < -0.39 is 0 Å². The molecule has 0 aliphatic rings. The predicted molar refractivity (Wildman–Crippen MR) is 109 cm³/mol. The van der Waals surface area contributed by atoms with Gasteiger partial charge >= 0.3 is 0 Å². The van der Waals surface area contributed by atoms with E-state index in [2.05, 4.69) is 42.5 Å².